The number of carbonyl (C=O) groups excluding carboxylic acids is 12. The first-order chi connectivity index (χ1) is 59.9. The number of hydrogen-bond donors (Lipinski definition) is 15. The van der Waals surface area contributed by atoms with E-state index in [4.69, 9.17) is 28.4 Å². The van der Waals surface area contributed by atoms with E-state index in [1.54, 1.807) is 0 Å². The van der Waals surface area contributed by atoms with Crippen molar-refractivity contribution in [1.82, 2.24) is 79.8 Å². The van der Waals surface area contributed by atoms with Gasteiger partial charge < -0.3 is 108 Å². The zero-order valence-corrected chi connectivity index (χ0v) is 75.9. The molecule has 7 rings (SSSR count). The van der Waals surface area contributed by atoms with Gasteiger partial charge in [-0.15, -0.1) is 0 Å². The number of carbonyl (C=O) groups is 12. The molecule has 1 aromatic carbocycles. The Hall–Kier alpha value is -6.93. The van der Waals surface area contributed by atoms with Crippen LogP contribution in [0.15, 0.2) is 18.2 Å². The molecule has 123 heavy (non-hydrogen) atoms. The fraction of sp³-hybridized carbons (Fsp3) is 0.793. The number of unbranched alkanes of at least 4 members (excludes halogenated alkanes) is 13. The van der Waals surface area contributed by atoms with E-state index in [0.29, 0.717) is 185 Å². The minimum absolute atomic E-state index is 0.0199. The lowest BCUT2D eigenvalue weighted by Gasteiger charge is -2.18. The third-order valence-corrected chi connectivity index (χ3v) is 27.4. The smallest absolute Gasteiger partial charge is 0.315 e. The normalized spacial score (nSPS) is 20.4. The van der Waals surface area contributed by atoms with Gasteiger partial charge in [0.2, 0.25) is 35.4 Å². The second-order valence-electron chi connectivity index (χ2n) is 32.8. The van der Waals surface area contributed by atoms with Gasteiger partial charge in [-0.3, -0.25) is 43.2 Å². The number of thioether (sulfide) groups is 3. The molecule has 33 nitrogen and oxygen atoms in total. The zero-order chi connectivity index (χ0) is 87.9. The van der Waals surface area contributed by atoms with Crippen molar-refractivity contribution < 1.29 is 86.0 Å². The minimum Gasteiger partial charge on any atom is -0.379 e. The van der Waals surface area contributed by atoms with Crippen molar-refractivity contribution in [3.05, 3.63) is 34.9 Å². The first-order valence-electron chi connectivity index (χ1n) is 46.1. The van der Waals surface area contributed by atoms with E-state index < -0.39 is 11.8 Å². The van der Waals surface area contributed by atoms with Crippen LogP contribution in [0.5, 0.6) is 0 Å². The molecule has 0 radical (unpaired) electrons. The van der Waals surface area contributed by atoms with Gasteiger partial charge in [-0.05, 0) is 115 Å². The lowest BCUT2D eigenvalue weighted by molar-refractivity contribution is -0.125. The Morgan fingerprint density at radius 3 is 0.829 bits per heavy atom. The maximum atomic E-state index is 13.7. The summed E-state index contributed by atoms with van der Waals surface area (Å²) in [5.74, 6) is 1.07. The summed E-state index contributed by atoms with van der Waals surface area (Å²) in [6.07, 6.45) is 25.5. The van der Waals surface area contributed by atoms with E-state index in [2.05, 4.69) is 79.8 Å². The number of nitrogens with one attached hydrogen (secondary N) is 15. The molecule has 6 aliphatic rings. The van der Waals surface area contributed by atoms with Gasteiger partial charge in [-0.25, -0.2) is 14.4 Å². The zero-order valence-electron chi connectivity index (χ0n) is 73.4. The second-order valence-corrected chi connectivity index (χ2v) is 36.6. The summed E-state index contributed by atoms with van der Waals surface area (Å²) in [5.41, 5.74) is 0.535. The highest BCUT2D eigenvalue weighted by atomic mass is 32.2. The van der Waals surface area contributed by atoms with Crippen LogP contribution in [0, 0.1) is 0 Å². The summed E-state index contributed by atoms with van der Waals surface area (Å²) in [5, 5.41) is 45.7. The fourth-order valence-corrected chi connectivity index (χ4v) is 20.4. The summed E-state index contributed by atoms with van der Waals surface area (Å²) in [7, 11) is 0. The molecule has 0 aromatic heterocycles. The molecule has 15 N–H and O–H groups in total. The van der Waals surface area contributed by atoms with Gasteiger partial charge in [0.25, 0.3) is 17.7 Å². The van der Waals surface area contributed by atoms with Crippen molar-refractivity contribution in [3.63, 3.8) is 0 Å². The highest BCUT2D eigenvalue weighted by Gasteiger charge is 2.45. The number of benzene rings is 1. The van der Waals surface area contributed by atoms with E-state index in [1.165, 1.54) is 18.2 Å². The molecule has 0 spiro atoms. The maximum Gasteiger partial charge on any atom is 0.315 e. The number of amides is 15. The fourth-order valence-electron chi connectivity index (χ4n) is 15.7. The van der Waals surface area contributed by atoms with Crippen molar-refractivity contribution in [2.75, 3.05) is 136 Å². The number of fused-ring (bicyclic) bond motifs is 3. The Bertz CT molecular complexity index is 3000. The van der Waals surface area contributed by atoms with Crippen molar-refractivity contribution in [3.8, 4) is 0 Å². The van der Waals surface area contributed by atoms with Crippen LogP contribution in [0.3, 0.4) is 0 Å². The number of rotatable bonds is 72. The maximum absolute atomic E-state index is 13.7. The molecule has 6 fully saturated rings. The van der Waals surface area contributed by atoms with Crippen LogP contribution < -0.4 is 79.8 Å². The molecule has 6 heterocycles. The Morgan fingerprint density at radius 1 is 0.309 bits per heavy atom. The predicted molar refractivity (Wildman–Crippen MR) is 479 cm³/mol. The average Bonchev–Trinajstić information content (AvgIpc) is 1.56. The van der Waals surface area contributed by atoms with Gasteiger partial charge in [-0.1, -0.05) is 97.8 Å². The third kappa shape index (κ3) is 43.0. The Labute approximate surface area is 741 Å². The summed E-state index contributed by atoms with van der Waals surface area (Å²) in [6, 6.07) is 4.60. The predicted octanol–water partition coefficient (Wildman–Crippen LogP) is 7.21. The molecule has 0 bridgehead atoms. The molecule has 15 amide bonds. The van der Waals surface area contributed by atoms with E-state index in [-0.39, 0.29) is 163 Å². The average molecular weight is 1790 g/mol. The molecule has 6 aliphatic heterocycles. The molecular formula is C87H147N15O18S3. The second kappa shape index (κ2) is 62.3. The minimum atomic E-state index is -0.439. The summed E-state index contributed by atoms with van der Waals surface area (Å²) in [4.78, 5) is 152. The molecule has 12 unspecified atom stereocenters. The van der Waals surface area contributed by atoms with Crippen LogP contribution in [0.2, 0.25) is 0 Å². The van der Waals surface area contributed by atoms with Crippen LogP contribution in [0.4, 0.5) is 14.4 Å². The van der Waals surface area contributed by atoms with E-state index in [1.807, 2.05) is 56.1 Å². The quantitative estimate of drug-likeness (QED) is 0.0226. The summed E-state index contributed by atoms with van der Waals surface area (Å²) < 4.78 is 34.1. The molecule has 6 saturated heterocycles. The lowest BCUT2D eigenvalue weighted by Crippen LogP contribution is -2.39. The largest absolute Gasteiger partial charge is 0.379 e. The van der Waals surface area contributed by atoms with Crippen LogP contribution in [-0.4, -0.2) is 277 Å². The number of ether oxygens (including phenoxy) is 6. The molecule has 1 aromatic rings. The first kappa shape index (κ1) is 103. The van der Waals surface area contributed by atoms with E-state index in [9.17, 15) is 57.5 Å². The summed E-state index contributed by atoms with van der Waals surface area (Å²) >= 11 is 5.62. The third-order valence-electron chi connectivity index (χ3n) is 22.9. The Morgan fingerprint density at radius 2 is 0.553 bits per heavy atom. The highest BCUT2D eigenvalue weighted by Crippen LogP contribution is 2.36. The SMILES string of the molecule is CCC(CC(=O)NCCCCCCCCCCCCCNC(=O)c1cc(C(=O)NCCCOCCOCCOCCCNC(=O)CC(CC)NC(=O)CCCCC2SCC3NC(=O)NC32)cc(C(=O)NCCCOCCOCCOCCCNC(=O)CC(CC)NC(=O)CCCCC2SCC3NC(=O)NC32)c1)NC(=O)CCCCC1SCC2NC(=O)NC21. The topological polar surface area (TPSA) is 441 Å². The molecule has 0 aliphatic carbocycles. The standard InChI is InChI=1S/C87H147N15O18S3/c1-4-64(94-73(103)31-19-16-28-70-79-67(58-121-70)97-85(112)100-79)55-76(106)88-34-22-14-12-10-8-7-9-11-13-15-23-35-91-82(109)61-52-62(83(110)92-38-26-42-117-46-50-119-48-44-115-40-24-36-89-77(107)56-65(5-2)95-74(104)32-20-17-29-71-80-68(59-122-71)98-86(113)101-80)54-63(53-61)84(111)93-39-27-43-118-47-51-120-49-45-116-41-25-37-90-78(108)57-66(6-3)96-75(105)33-21-18-30-72-81-69(60-123-72)99-87(114)102-81/h52-54,64-72,79-81H,4-51,55-60H2,1-3H3,(H,88,106)(H,89,107)(H,90,108)(H,91,109)(H,92,110)(H,93,111)(H,94,103)(H,95,104)(H,96,105)(H2,97,100,112)(H2,98,101,113)(H2,99,102,114). The van der Waals surface area contributed by atoms with Crippen LogP contribution >= 0.6 is 35.3 Å². The van der Waals surface area contributed by atoms with Crippen molar-refractivity contribution in [1.29, 1.82) is 0 Å². The molecular weight excluding hydrogens is 1640 g/mol. The lowest BCUT2D eigenvalue weighted by atomic mass is 10.0. The van der Waals surface area contributed by atoms with Gasteiger partial charge >= 0.3 is 18.1 Å². The molecule has 12 atom stereocenters. The van der Waals surface area contributed by atoms with Gasteiger partial charge in [0.05, 0.1) is 89.1 Å². The first-order valence-corrected chi connectivity index (χ1v) is 49.2. The number of hydrogen-bond acceptors (Lipinski definition) is 21. The van der Waals surface area contributed by atoms with E-state index in [0.717, 1.165) is 146 Å². The van der Waals surface area contributed by atoms with Crippen LogP contribution in [-0.2, 0) is 57.2 Å². The number of urea groups is 3. The van der Waals surface area contributed by atoms with Gasteiger partial charge in [-0.2, -0.15) is 35.3 Å². The van der Waals surface area contributed by atoms with Crippen molar-refractivity contribution >= 4 is 107 Å². The Balaban J connectivity index is 0.688. The molecule has 0 saturated carbocycles. The van der Waals surface area contributed by atoms with Crippen molar-refractivity contribution in [2.45, 2.75) is 303 Å². The van der Waals surface area contributed by atoms with Gasteiger partial charge in [0.1, 0.15) is 0 Å². The molecule has 36 heteroatoms. The summed E-state index contributed by atoms with van der Waals surface area (Å²) in [6.45, 7) is 12.9. The van der Waals surface area contributed by atoms with Crippen molar-refractivity contribution in [2.24, 2.45) is 0 Å². The van der Waals surface area contributed by atoms with Crippen LogP contribution in [0.25, 0.3) is 0 Å². The van der Waals surface area contributed by atoms with E-state index >= 15 is 0 Å². The molecule has 696 valence electrons. The highest BCUT2D eigenvalue weighted by molar-refractivity contribution is 8.00. The van der Waals surface area contributed by atoms with Gasteiger partial charge in [0, 0.05) is 172 Å². The van der Waals surface area contributed by atoms with Crippen LogP contribution in [0.1, 0.15) is 264 Å². The van der Waals surface area contributed by atoms with Gasteiger partial charge in [0.15, 0.2) is 0 Å². The Kier molecular flexibility index (Phi) is 52.2. The monoisotopic (exact) mass is 1790 g/mol.